The van der Waals surface area contributed by atoms with Gasteiger partial charge in [-0.3, -0.25) is 18.9 Å². The molecule has 8 nitrogen and oxygen atoms in total. The number of imidazole rings is 1. The average molecular weight is 430 g/mol. The number of rotatable bonds is 4. The largest absolute Gasteiger partial charge is 0.433 e. The second-order valence-electron chi connectivity index (χ2n) is 7.62. The predicted octanol–water partition coefficient (Wildman–Crippen LogP) is 2.83. The Bertz CT molecular complexity index is 1290. The fraction of sp³-hybridized carbons (Fsp3) is 0.250. The second kappa shape index (κ2) is 7.27. The van der Waals surface area contributed by atoms with Gasteiger partial charge in [-0.15, -0.1) is 0 Å². The Labute approximate surface area is 173 Å². The van der Waals surface area contributed by atoms with E-state index in [4.69, 9.17) is 0 Å². The Balaban J connectivity index is 1.94. The number of hydrogen-bond donors (Lipinski definition) is 1. The zero-order valence-electron chi connectivity index (χ0n) is 16.5. The van der Waals surface area contributed by atoms with Crippen LogP contribution in [-0.4, -0.2) is 39.8 Å². The highest BCUT2D eigenvalue weighted by Crippen LogP contribution is 2.29. The van der Waals surface area contributed by atoms with Crippen molar-refractivity contribution in [3.05, 3.63) is 65.5 Å². The van der Waals surface area contributed by atoms with E-state index in [2.05, 4.69) is 19.9 Å². The van der Waals surface area contributed by atoms with Crippen LogP contribution < -0.4 is 5.56 Å². The summed E-state index contributed by atoms with van der Waals surface area (Å²) in [5.74, 6) is 0.289. The average Bonchev–Trinajstić information content (AvgIpc) is 3.23. The van der Waals surface area contributed by atoms with E-state index in [0.29, 0.717) is 11.1 Å². The Morgan fingerprint density at radius 3 is 2.48 bits per heavy atom. The van der Waals surface area contributed by atoms with Crippen molar-refractivity contribution in [2.24, 2.45) is 0 Å². The highest BCUT2D eigenvalue weighted by molar-refractivity contribution is 5.87. The van der Waals surface area contributed by atoms with Crippen molar-refractivity contribution in [3.8, 4) is 17.1 Å². The Kier molecular flexibility index (Phi) is 4.85. The molecule has 0 spiro atoms. The monoisotopic (exact) mass is 430 g/mol. The van der Waals surface area contributed by atoms with E-state index in [9.17, 15) is 23.1 Å². The standard InChI is InChI=1S/C20H17F3N6O2/c1-19(2,31)9-29-11-26-16-13(18(29)30)7-14(27-17(16)28-6-5-24-10-28)12-3-4-15(25-8-12)20(21,22)23/h3-8,10-11,31H,9H2,1-2H3. The van der Waals surface area contributed by atoms with Crippen molar-refractivity contribution in [3.63, 3.8) is 0 Å². The number of fused-ring (bicyclic) bond motifs is 1. The molecule has 4 heterocycles. The lowest BCUT2D eigenvalue weighted by atomic mass is 10.1. The minimum Gasteiger partial charge on any atom is -0.389 e. The molecule has 4 rings (SSSR count). The van der Waals surface area contributed by atoms with E-state index in [1.807, 2.05) is 0 Å². The summed E-state index contributed by atoms with van der Waals surface area (Å²) in [6.07, 6.45) is 2.42. The molecule has 0 atom stereocenters. The van der Waals surface area contributed by atoms with Crippen molar-refractivity contribution in [2.45, 2.75) is 32.2 Å². The molecule has 0 aliphatic carbocycles. The van der Waals surface area contributed by atoms with E-state index in [-0.39, 0.29) is 23.4 Å². The molecule has 0 fully saturated rings. The molecule has 0 saturated carbocycles. The van der Waals surface area contributed by atoms with Crippen LogP contribution >= 0.6 is 0 Å². The maximum atomic E-state index is 13.1. The van der Waals surface area contributed by atoms with Crippen LogP contribution in [0.2, 0.25) is 0 Å². The summed E-state index contributed by atoms with van der Waals surface area (Å²) < 4.78 is 41.4. The van der Waals surface area contributed by atoms with Crippen molar-refractivity contribution >= 4 is 10.9 Å². The van der Waals surface area contributed by atoms with Crippen LogP contribution in [0.15, 0.2) is 54.2 Å². The van der Waals surface area contributed by atoms with Gasteiger partial charge in [-0.1, -0.05) is 0 Å². The SMILES string of the molecule is CC(C)(O)Cn1cnc2c(-n3ccnc3)nc(-c3ccc(C(F)(F)F)nc3)cc2c1=O. The summed E-state index contributed by atoms with van der Waals surface area (Å²) in [5, 5.41) is 10.3. The number of halogens is 3. The fourth-order valence-electron chi connectivity index (χ4n) is 3.10. The second-order valence-corrected chi connectivity index (χ2v) is 7.62. The number of hydrogen-bond acceptors (Lipinski definition) is 6. The quantitative estimate of drug-likeness (QED) is 0.535. The lowest BCUT2D eigenvalue weighted by Gasteiger charge is -2.19. The topological polar surface area (TPSA) is 98.7 Å². The van der Waals surface area contributed by atoms with Crippen LogP contribution in [0.5, 0.6) is 0 Å². The number of pyridine rings is 2. The minimum absolute atomic E-state index is 0.00860. The van der Waals surface area contributed by atoms with Crippen molar-refractivity contribution in [1.29, 1.82) is 0 Å². The Morgan fingerprint density at radius 2 is 1.90 bits per heavy atom. The first kappa shape index (κ1) is 20.7. The van der Waals surface area contributed by atoms with Crippen LogP contribution in [0.4, 0.5) is 13.2 Å². The zero-order chi connectivity index (χ0) is 22.4. The van der Waals surface area contributed by atoms with Gasteiger partial charge >= 0.3 is 6.18 Å². The summed E-state index contributed by atoms with van der Waals surface area (Å²) in [6.45, 7) is 3.13. The lowest BCUT2D eigenvalue weighted by molar-refractivity contribution is -0.141. The van der Waals surface area contributed by atoms with Crippen molar-refractivity contribution in [2.75, 3.05) is 0 Å². The van der Waals surface area contributed by atoms with E-state index in [1.165, 1.54) is 35.6 Å². The highest BCUT2D eigenvalue weighted by atomic mass is 19.4. The van der Waals surface area contributed by atoms with Gasteiger partial charge in [0.1, 0.15) is 17.5 Å². The predicted molar refractivity (Wildman–Crippen MR) is 105 cm³/mol. The third kappa shape index (κ3) is 4.17. The first-order chi connectivity index (χ1) is 14.5. The minimum atomic E-state index is -4.56. The van der Waals surface area contributed by atoms with Gasteiger partial charge in [0, 0.05) is 24.2 Å². The summed E-state index contributed by atoms with van der Waals surface area (Å²) >= 11 is 0. The molecule has 0 radical (unpaired) electrons. The fourth-order valence-corrected chi connectivity index (χ4v) is 3.10. The van der Waals surface area contributed by atoms with Crippen LogP contribution in [0.25, 0.3) is 28.0 Å². The van der Waals surface area contributed by atoms with Gasteiger partial charge in [0.05, 0.1) is 29.6 Å². The van der Waals surface area contributed by atoms with Crippen LogP contribution in [-0.2, 0) is 12.7 Å². The molecule has 160 valence electrons. The van der Waals surface area contributed by atoms with Gasteiger partial charge < -0.3 is 5.11 Å². The smallest absolute Gasteiger partial charge is 0.389 e. The molecule has 0 saturated heterocycles. The first-order valence-electron chi connectivity index (χ1n) is 9.17. The maximum absolute atomic E-state index is 13.1. The van der Waals surface area contributed by atoms with Crippen LogP contribution in [0, 0.1) is 0 Å². The lowest BCUT2D eigenvalue weighted by Crippen LogP contribution is -2.33. The molecule has 4 aromatic rings. The number of aromatic nitrogens is 6. The number of alkyl halides is 3. The number of nitrogens with zero attached hydrogens (tertiary/aromatic N) is 6. The third-order valence-corrected chi connectivity index (χ3v) is 4.45. The summed E-state index contributed by atoms with van der Waals surface area (Å²) in [4.78, 5) is 29.4. The van der Waals surface area contributed by atoms with E-state index in [0.717, 1.165) is 12.3 Å². The van der Waals surface area contributed by atoms with E-state index >= 15 is 0 Å². The molecule has 0 bridgehead atoms. The van der Waals surface area contributed by atoms with Gasteiger partial charge in [-0.05, 0) is 32.0 Å². The van der Waals surface area contributed by atoms with Crippen LogP contribution in [0.3, 0.4) is 0 Å². The molecule has 0 unspecified atom stereocenters. The summed E-state index contributed by atoms with van der Waals surface area (Å²) in [6, 6.07) is 3.55. The normalized spacial score (nSPS) is 12.5. The highest BCUT2D eigenvalue weighted by Gasteiger charge is 2.32. The molecular weight excluding hydrogens is 413 g/mol. The van der Waals surface area contributed by atoms with Crippen LogP contribution in [0.1, 0.15) is 19.5 Å². The van der Waals surface area contributed by atoms with Crippen molar-refractivity contribution < 1.29 is 18.3 Å². The van der Waals surface area contributed by atoms with Crippen molar-refractivity contribution in [1.82, 2.24) is 29.1 Å². The molecule has 0 aromatic carbocycles. The number of aliphatic hydroxyl groups is 1. The first-order valence-corrected chi connectivity index (χ1v) is 9.17. The third-order valence-electron chi connectivity index (χ3n) is 4.45. The summed E-state index contributed by atoms with van der Waals surface area (Å²) in [5.41, 5.74) is -1.76. The molecule has 0 aliphatic rings. The molecule has 0 amide bonds. The van der Waals surface area contributed by atoms with E-state index < -0.39 is 23.0 Å². The van der Waals surface area contributed by atoms with Gasteiger partial charge in [0.15, 0.2) is 5.82 Å². The Morgan fingerprint density at radius 1 is 1.13 bits per heavy atom. The maximum Gasteiger partial charge on any atom is 0.433 e. The molecular formula is C20H17F3N6O2. The zero-order valence-corrected chi connectivity index (χ0v) is 16.5. The summed E-state index contributed by atoms with van der Waals surface area (Å²) in [7, 11) is 0. The molecule has 11 heteroatoms. The van der Waals surface area contributed by atoms with Gasteiger partial charge in [0.25, 0.3) is 5.56 Å². The Hall–Kier alpha value is -3.60. The van der Waals surface area contributed by atoms with E-state index in [1.54, 1.807) is 24.6 Å². The molecule has 1 N–H and O–H groups in total. The van der Waals surface area contributed by atoms with Gasteiger partial charge in [-0.2, -0.15) is 13.2 Å². The molecule has 31 heavy (non-hydrogen) atoms. The molecule has 4 aromatic heterocycles. The van der Waals surface area contributed by atoms with Gasteiger partial charge in [-0.25, -0.2) is 15.0 Å². The molecule has 0 aliphatic heterocycles. The van der Waals surface area contributed by atoms with Gasteiger partial charge in [0.2, 0.25) is 0 Å².